The summed E-state index contributed by atoms with van der Waals surface area (Å²) in [5.74, 6) is 0.776. The Morgan fingerprint density at radius 2 is 2.32 bits per heavy atom. The van der Waals surface area contributed by atoms with Crippen LogP contribution in [0.15, 0.2) is 24.4 Å². The quantitative estimate of drug-likeness (QED) is 0.899. The molecule has 1 aliphatic carbocycles. The van der Waals surface area contributed by atoms with Crippen molar-refractivity contribution in [1.82, 2.24) is 15.0 Å². The molecule has 3 rings (SSSR count). The first-order valence-corrected chi connectivity index (χ1v) is 6.36. The lowest BCUT2D eigenvalue weighted by Gasteiger charge is -2.23. The highest BCUT2D eigenvalue weighted by atomic mass is 16.5. The highest BCUT2D eigenvalue weighted by Gasteiger charge is 2.37. The van der Waals surface area contributed by atoms with Crippen LogP contribution in [0.1, 0.15) is 23.2 Å². The summed E-state index contributed by atoms with van der Waals surface area (Å²) in [5, 5.41) is 18.9. The minimum atomic E-state index is -0.861. The number of hydrogen-bond acceptors (Lipinski definition) is 4. The third-order valence-corrected chi connectivity index (χ3v) is 3.75. The van der Waals surface area contributed by atoms with Crippen LogP contribution in [0.4, 0.5) is 0 Å². The van der Waals surface area contributed by atoms with Crippen molar-refractivity contribution in [1.29, 1.82) is 0 Å². The van der Waals surface area contributed by atoms with E-state index in [1.807, 2.05) is 31.4 Å². The smallest absolute Gasteiger partial charge is 0.119 e. The molecule has 0 aliphatic heterocycles. The predicted molar refractivity (Wildman–Crippen MR) is 69.9 cm³/mol. The van der Waals surface area contributed by atoms with Gasteiger partial charge in [0.25, 0.3) is 0 Å². The van der Waals surface area contributed by atoms with Crippen molar-refractivity contribution >= 4 is 0 Å². The summed E-state index contributed by atoms with van der Waals surface area (Å²) >= 11 is 0. The van der Waals surface area contributed by atoms with E-state index in [0.717, 1.165) is 23.4 Å². The zero-order chi connectivity index (χ0) is 13.5. The van der Waals surface area contributed by atoms with Gasteiger partial charge in [-0.05, 0) is 36.1 Å². The van der Waals surface area contributed by atoms with Crippen molar-refractivity contribution in [3.63, 3.8) is 0 Å². The molecule has 0 saturated carbocycles. The summed E-state index contributed by atoms with van der Waals surface area (Å²) in [6.07, 6.45) is 3.93. The molecule has 1 aromatic carbocycles. The van der Waals surface area contributed by atoms with Crippen LogP contribution in [0.5, 0.6) is 5.75 Å². The Balaban J connectivity index is 1.94. The summed E-state index contributed by atoms with van der Waals surface area (Å²) in [6.45, 7) is 0. The number of nitrogens with zero attached hydrogens (tertiary/aromatic N) is 3. The van der Waals surface area contributed by atoms with E-state index in [-0.39, 0.29) is 0 Å². The molecule has 0 radical (unpaired) electrons. The zero-order valence-corrected chi connectivity index (χ0v) is 11.1. The highest BCUT2D eigenvalue weighted by molar-refractivity contribution is 5.43. The lowest BCUT2D eigenvalue weighted by Crippen LogP contribution is -2.25. The summed E-state index contributed by atoms with van der Waals surface area (Å²) in [5.41, 5.74) is 2.09. The Morgan fingerprint density at radius 3 is 3.00 bits per heavy atom. The van der Waals surface area contributed by atoms with E-state index in [0.29, 0.717) is 12.8 Å². The number of aryl methyl sites for hydroxylation is 2. The third kappa shape index (κ3) is 2.10. The number of hydrogen-bond donors (Lipinski definition) is 1. The lowest BCUT2D eigenvalue weighted by atomic mass is 9.91. The van der Waals surface area contributed by atoms with Crippen molar-refractivity contribution in [3.8, 4) is 5.75 Å². The first-order valence-electron chi connectivity index (χ1n) is 6.36. The molecule has 2 aromatic rings. The molecule has 5 nitrogen and oxygen atoms in total. The topological polar surface area (TPSA) is 60.2 Å². The molecule has 100 valence electrons. The normalized spacial score (nSPS) is 21.4. The first-order chi connectivity index (χ1) is 9.10. The van der Waals surface area contributed by atoms with Crippen LogP contribution in [-0.2, 0) is 25.5 Å². The molecule has 1 heterocycles. The van der Waals surface area contributed by atoms with Crippen molar-refractivity contribution in [2.45, 2.75) is 24.9 Å². The van der Waals surface area contributed by atoms with Crippen LogP contribution >= 0.6 is 0 Å². The monoisotopic (exact) mass is 259 g/mol. The van der Waals surface area contributed by atoms with E-state index in [2.05, 4.69) is 10.3 Å². The van der Waals surface area contributed by atoms with Crippen molar-refractivity contribution in [3.05, 3.63) is 41.2 Å². The van der Waals surface area contributed by atoms with Crippen molar-refractivity contribution in [2.24, 2.45) is 7.05 Å². The largest absolute Gasteiger partial charge is 0.497 e. The second kappa shape index (κ2) is 4.35. The first kappa shape index (κ1) is 12.2. The molecule has 19 heavy (non-hydrogen) atoms. The molecular formula is C14H17N3O2. The van der Waals surface area contributed by atoms with Gasteiger partial charge >= 0.3 is 0 Å². The molecular weight excluding hydrogens is 242 g/mol. The number of ether oxygens (including phenoxy) is 1. The van der Waals surface area contributed by atoms with Crippen LogP contribution in [0.3, 0.4) is 0 Å². The highest BCUT2D eigenvalue weighted by Crippen LogP contribution is 2.40. The Hall–Kier alpha value is -1.88. The second-order valence-electron chi connectivity index (χ2n) is 5.11. The maximum atomic E-state index is 10.9. The van der Waals surface area contributed by atoms with E-state index >= 15 is 0 Å². The third-order valence-electron chi connectivity index (χ3n) is 3.75. The lowest BCUT2D eigenvalue weighted by molar-refractivity contribution is 0.0378. The Morgan fingerprint density at radius 1 is 1.47 bits per heavy atom. The van der Waals surface area contributed by atoms with Gasteiger partial charge in [0.1, 0.15) is 5.75 Å². The van der Waals surface area contributed by atoms with Gasteiger partial charge in [0.15, 0.2) is 0 Å². The van der Waals surface area contributed by atoms with Crippen LogP contribution in [-0.4, -0.2) is 27.2 Å². The standard InChI is InChI=1S/C14H17N3O2/c1-17-9-11(15-16-17)8-14(18)6-5-10-3-4-12(19-2)7-13(10)14/h3-4,7,9,18H,5-6,8H2,1-2H3. The van der Waals surface area contributed by atoms with Gasteiger partial charge in [-0.3, -0.25) is 4.68 Å². The van der Waals surface area contributed by atoms with Crippen molar-refractivity contribution in [2.75, 3.05) is 7.11 Å². The van der Waals surface area contributed by atoms with E-state index in [9.17, 15) is 5.11 Å². The van der Waals surface area contributed by atoms with Gasteiger partial charge in [0, 0.05) is 19.7 Å². The number of aromatic nitrogens is 3. The average Bonchev–Trinajstić information content (AvgIpc) is 2.94. The molecule has 1 aliphatic rings. The Bertz CT molecular complexity index is 608. The number of fused-ring (bicyclic) bond motifs is 1. The second-order valence-corrected chi connectivity index (χ2v) is 5.11. The van der Waals surface area contributed by atoms with Gasteiger partial charge in [-0.15, -0.1) is 5.10 Å². The van der Waals surface area contributed by atoms with E-state index in [1.54, 1.807) is 11.8 Å². The fourth-order valence-electron chi connectivity index (χ4n) is 2.77. The van der Waals surface area contributed by atoms with Crippen LogP contribution in [0.2, 0.25) is 0 Å². The Kier molecular flexibility index (Phi) is 2.78. The summed E-state index contributed by atoms with van der Waals surface area (Å²) in [6, 6.07) is 5.90. The molecule has 1 N–H and O–H groups in total. The molecule has 1 atom stereocenters. The minimum Gasteiger partial charge on any atom is -0.497 e. The summed E-state index contributed by atoms with van der Waals surface area (Å²) < 4.78 is 6.90. The van der Waals surface area contributed by atoms with Crippen LogP contribution in [0, 0.1) is 0 Å². The van der Waals surface area contributed by atoms with Gasteiger partial charge < -0.3 is 9.84 Å². The number of methoxy groups -OCH3 is 1. The van der Waals surface area contributed by atoms with Gasteiger partial charge in [-0.1, -0.05) is 11.3 Å². The molecule has 0 saturated heterocycles. The van der Waals surface area contributed by atoms with Gasteiger partial charge in [0.05, 0.1) is 18.4 Å². The number of benzene rings is 1. The predicted octanol–water partition coefficient (Wildman–Crippen LogP) is 1.20. The SMILES string of the molecule is COc1ccc2c(c1)C(O)(Cc1cn(C)nn1)CC2. The van der Waals surface area contributed by atoms with Crippen molar-refractivity contribution < 1.29 is 9.84 Å². The molecule has 1 aromatic heterocycles. The van der Waals surface area contributed by atoms with Crippen LogP contribution < -0.4 is 4.74 Å². The minimum absolute atomic E-state index is 0.487. The van der Waals surface area contributed by atoms with Crippen LogP contribution in [0.25, 0.3) is 0 Å². The average molecular weight is 259 g/mol. The number of rotatable bonds is 3. The summed E-state index contributed by atoms with van der Waals surface area (Å²) in [7, 11) is 3.46. The van der Waals surface area contributed by atoms with E-state index in [1.165, 1.54) is 5.56 Å². The Labute approximate surface area is 111 Å². The zero-order valence-electron chi connectivity index (χ0n) is 11.1. The van der Waals surface area contributed by atoms with Gasteiger partial charge in [0.2, 0.25) is 0 Å². The molecule has 0 amide bonds. The molecule has 0 bridgehead atoms. The fraction of sp³-hybridized carbons (Fsp3) is 0.429. The fourth-order valence-corrected chi connectivity index (χ4v) is 2.77. The molecule has 1 unspecified atom stereocenters. The maximum Gasteiger partial charge on any atom is 0.119 e. The summed E-state index contributed by atoms with van der Waals surface area (Å²) in [4.78, 5) is 0. The number of aliphatic hydroxyl groups is 1. The van der Waals surface area contributed by atoms with E-state index < -0.39 is 5.60 Å². The molecule has 0 spiro atoms. The molecule has 0 fully saturated rings. The maximum absolute atomic E-state index is 10.9. The van der Waals surface area contributed by atoms with E-state index in [4.69, 9.17) is 4.74 Å². The van der Waals surface area contributed by atoms with Gasteiger partial charge in [-0.25, -0.2) is 0 Å². The molecule has 5 heteroatoms. The van der Waals surface area contributed by atoms with Gasteiger partial charge in [-0.2, -0.15) is 0 Å².